The van der Waals surface area contributed by atoms with Crippen molar-refractivity contribution in [3.8, 4) is 0 Å². The molecule has 0 radical (unpaired) electrons. The van der Waals surface area contributed by atoms with Gasteiger partial charge in [0, 0.05) is 12.0 Å². The average Bonchev–Trinajstić information content (AvgIpc) is 2.44. The predicted octanol–water partition coefficient (Wildman–Crippen LogP) is -0.101. The smallest absolute Gasteiger partial charge is 0.261 e. The van der Waals surface area contributed by atoms with Crippen molar-refractivity contribution < 1.29 is 19.2 Å². The lowest BCUT2D eigenvalue weighted by Crippen LogP contribution is -2.54. The molecule has 1 heterocycles. The number of rotatable bonds is 3. The molecular weight excluding hydrogens is 291 g/mol. The van der Waals surface area contributed by atoms with Gasteiger partial charge in [0.05, 0.1) is 0 Å². The molecule has 7 heteroatoms. The predicted molar refractivity (Wildman–Crippen MR) is 78.9 cm³/mol. The molecule has 0 saturated carbocycles. The van der Waals surface area contributed by atoms with Gasteiger partial charge >= 0.3 is 0 Å². The molecule has 6 nitrogen and oxygen atoms in total. The molecule has 4 amide bonds. The summed E-state index contributed by atoms with van der Waals surface area (Å²) in [6.45, 7) is 1.77. The second kappa shape index (κ2) is 6.14. The van der Waals surface area contributed by atoms with Crippen molar-refractivity contribution in [3.63, 3.8) is 0 Å². The van der Waals surface area contributed by atoms with Gasteiger partial charge in [0.15, 0.2) is 0 Å². The first-order valence-corrected chi connectivity index (χ1v) is 7.00. The van der Waals surface area contributed by atoms with Crippen molar-refractivity contribution in [2.75, 3.05) is 0 Å². The average molecular weight is 306 g/mol. The minimum absolute atomic E-state index is 0.108. The van der Waals surface area contributed by atoms with Crippen LogP contribution in [0.3, 0.4) is 0 Å². The van der Waals surface area contributed by atoms with E-state index >= 15 is 0 Å². The Labute approximate surface area is 124 Å². The van der Waals surface area contributed by atoms with Crippen molar-refractivity contribution in [1.29, 1.82) is 0 Å². The molecule has 2 rings (SSSR count). The van der Waals surface area contributed by atoms with Gasteiger partial charge in [0.25, 0.3) is 5.91 Å². The number of hydrogen-bond donors (Lipinski definition) is 1. The Morgan fingerprint density at radius 1 is 1.43 bits per heavy atom. The SMILES string of the molecule is Cc1c(P)cccc1C(=O)N(C=O)C1CCC(=O)NC1=O. The number of carbonyl (C=O) groups is 4. The second-order valence-corrected chi connectivity index (χ2v) is 5.43. The van der Waals surface area contributed by atoms with Crippen LogP contribution >= 0.6 is 9.24 Å². The molecule has 1 aromatic rings. The van der Waals surface area contributed by atoms with Gasteiger partial charge in [0.1, 0.15) is 6.04 Å². The molecule has 21 heavy (non-hydrogen) atoms. The fourth-order valence-corrected chi connectivity index (χ4v) is 2.50. The van der Waals surface area contributed by atoms with E-state index in [9.17, 15) is 19.2 Å². The maximum Gasteiger partial charge on any atom is 0.261 e. The number of carbonyl (C=O) groups excluding carboxylic acids is 4. The van der Waals surface area contributed by atoms with Crippen LogP contribution in [0.25, 0.3) is 0 Å². The van der Waals surface area contributed by atoms with Gasteiger partial charge < -0.3 is 0 Å². The summed E-state index contributed by atoms with van der Waals surface area (Å²) in [6, 6.07) is 4.19. The highest BCUT2D eigenvalue weighted by atomic mass is 31.0. The minimum atomic E-state index is -0.944. The first-order chi connectivity index (χ1) is 9.95. The summed E-state index contributed by atoms with van der Waals surface area (Å²) in [5.74, 6) is -1.55. The zero-order valence-electron chi connectivity index (χ0n) is 11.5. The molecule has 2 atom stereocenters. The number of benzene rings is 1. The monoisotopic (exact) mass is 306 g/mol. The zero-order chi connectivity index (χ0) is 15.6. The van der Waals surface area contributed by atoms with Crippen molar-refractivity contribution in [1.82, 2.24) is 10.2 Å². The van der Waals surface area contributed by atoms with E-state index in [0.29, 0.717) is 12.0 Å². The quantitative estimate of drug-likeness (QED) is 0.480. The third kappa shape index (κ3) is 3.00. The van der Waals surface area contributed by atoms with E-state index in [1.54, 1.807) is 19.1 Å². The number of nitrogens with zero attached hydrogens (tertiary/aromatic N) is 1. The first kappa shape index (κ1) is 15.3. The molecule has 110 valence electrons. The summed E-state index contributed by atoms with van der Waals surface area (Å²) in [7, 11) is 2.51. The van der Waals surface area contributed by atoms with Gasteiger partial charge in [-0.2, -0.15) is 0 Å². The first-order valence-electron chi connectivity index (χ1n) is 6.42. The van der Waals surface area contributed by atoms with Crippen molar-refractivity contribution in [2.24, 2.45) is 0 Å². The van der Waals surface area contributed by atoms with Gasteiger partial charge in [0.2, 0.25) is 18.2 Å². The fraction of sp³-hybridized carbons (Fsp3) is 0.286. The summed E-state index contributed by atoms with van der Waals surface area (Å²) in [5, 5.41) is 2.98. The Morgan fingerprint density at radius 3 is 2.76 bits per heavy atom. The molecule has 1 aromatic carbocycles. The van der Waals surface area contributed by atoms with Crippen LogP contribution in [0.1, 0.15) is 28.8 Å². The lowest BCUT2D eigenvalue weighted by Gasteiger charge is -2.28. The molecule has 1 aliphatic heterocycles. The van der Waals surface area contributed by atoms with E-state index < -0.39 is 23.8 Å². The van der Waals surface area contributed by atoms with Crippen LogP contribution in [0.2, 0.25) is 0 Å². The number of hydrogen-bond acceptors (Lipinski definition) is 4. The maximum absolute atomic E-state index is 12.5. The van der Waals surface area contributed by atoms with Gasteiger partial charge in [-0.15, -0.1) is 9.24 Å². The van der Waals surface area contributed by atoms with Crippen molar-refractivity contribution in [3.05, 3.63) is 29.3 Å². The molecule has 0 aliphatic carbocycles. The Balaban J connectivity index is 2.31. The van der Waals surface area contributed by atoms with Crippen molar-refractivity contribution in [2.45, 2.75) is 25.8 Å². The van der Waals surface area contributed by atoms with Gasteiger partial charge in [-0.3, -0.25) is 29.4 Å². The second-order valence-electron chi connectivity index (χ2n) is 4.80. The number of piperidine rings is 1. The van der Waals surface area contributed by atoms with Crippen LogP contribution < -0.4 is 10.6 Å². The molecule has 0 aromatic heterocycles. The third-order valence-electron chi connectivity index (χ3n) is 3.50. The van der Waals surface area contributed by atoms with E-state index in [1.165, 1.54) is 0 Å². The zero-order valence-corrected chi connectivity index (χ0v) is 12.6. The lowest BCUT2D eigenvalue weighted by molar-refractivity contribution is -0.139. The molecule has 1 N–H and O–H groups in total. The van der Waals surface area contributed by atoms with Crippen LogP contribution in [-0.4, -0.2) is 35.1 Å². The van der Waals surface area contributed by atoms with E-state index in [1.807, 2.05) is 6.07 Å². The van der Waals surface area contributed by atoms with E-state index in [0.717, 1.165) is 15.8 Å². The number of imide groups is 2. The van der Waals surface area contributed by atoms with Crippen LogP contribution in [0.5, 0.6) is 0 Å². The minimum Gasteiger partial charge on any atom is -0.295 e. The van der Waals surface area contributed by atoms with E-state index in [-0.39, 0.29) is 12.8 Å². The number of nitrogens with one attached hydrogen (secondary N) is 1. The topological polar surface area (TPSA) is 83.6 Å². The maximum atomic E-state index is 12.5. The van der Waals surface area contributed by atoms with E-state index in [2.05, 4.69) is 14.6 Å². The highest BCUT2D eigenvalue weighted by Gasteiger charge is 2.35. The van der Waals surface area contributed by atoms with Gasteiger partial charge in [-0.05, 0) is 30.3 Å². The Bertz CT molecular complexity index is 629. The van der Waals surface area contributed by atoms with Crippen molar-refractivity contribution >= 4 is 38.7 Å². The molecule has 0 spiro atoms. The Morgan fingerprint density at radius 2 is 2.14 bits per heavy atom. The summed E-state index contributed by atoms with van der Waals surface area (Å²) < 4.78 is 0. The third-order valence-corrected chi connectivity index (χ3v) is 4.13. The number of amides is 4. The van der Waals surface area contributed by atoms with E-state index in [4.69, 9.17) is 0 Å². The van der Waals surface area contributed by atoms with Crippen LogP contribution in [0.15, 0.2) is 18.2 Å². The van der Waals surface area contributed by atoms with Crippen LogP contribution in [0.4, 0.5) is 0 Å². The molecule has 2 unspecified atom stereocenters. The Kier molecular flexibility index (Phi) is 4.48. The molecule has 1 fully saturated rings. The standard InChI is InChI=1S/C14H15N2O4P/c1-8-9(3-2-4-11(8)21)14(20)16(7-17)10-5-6-12(18)15-13(10)19/h2-4,7,10H,5-6,21H2,1H3,(H,15,18,19). The van der Waals surface area contributed by atoms with Crippen LogP contribution in [0, 0.1) is 6.92 Å². The summed E-state index contributed by atoms with van der Waals surface area (Å²) in [4.78, 5) is 47.6. The fourth-order valence-electron chi connectivity index (χ4n) is 2.23. The molecule has 1 saturated heterocycles. The lowest BCUT2D eigenvalue weighted by atomic mass is 10.0. The molecule has 0 bridgehead atoms. The molecule has 1 aliphatic rings. The molecular formula is C14H15N2O4P. The summed E-state index contributed by atoms with van der Waals surface area (Å²) in [6.07, 6.45) is 0.600. The highest BCUT2D eigenvalue weighted by Crippen LogP contribution is 2.16. The Hall–Kier alpha value is -2.07. The van der Waals surface area contributed by atoms with Gasteiger partial charge in [-0.25, -0.2) is 0 Å². The summed E-state index contributed by atoms with van der Waals surface area (Å²) >= 11 is 0. The highest BCUT2D eigenvalue weighted by molar-refractivity contribution is 7.27. The normalized spacial score (nSPS) is 18.1. The van der Waals surface area contributed by atoms with Crippen LogP contribution in [-0.2, 0) is 14.4 Å². The summed E-state index contributed by atoms with van der Waals surface area (Å²) in [5.41, 5.74) is 1.09. The largest absolute Gasteiger partial charge is 0.295 e. The van der Waals surface area contributed by atoms with Gasteiger partial charge in [-0.1, -0.05) is 12.1 Å².